The van der Waals surface area contributed by atoms with Crippen molar-refractivity contribution in [3.63, 3.8) is 0 Å². The predicted octanol–water partition coefficient (Wildman–Crippen LogP) is 1.48. The SMILES string of the molecule is N#Cc1ccc(CNC(=O)C2(O)CCCC2)cc1. The lowest BCUT2D eigenvalue weighted by Gasteiger charge is -2.20. The molecule has 0 saturated heterocycles. The number of amides is 1. The molecule has 18 heavy (non-hydrogen) atoms. The van der Waals surface area contributed by atoms with E-state index >= 15 is 0 Å². The molecule has 0 radical (unpaired) electrons. The summed E-state index contributed by atoms with van der Waals surface area (Å²) in [6, 6.07) is 9.08. The average molecular weight is 244 g/mol. The predicted molar refractivity (Wildman–Crippen MR) is 66.4 cm³/mol. The molecule has 1 aliphatic rings. The third-order valence-corrected chi connectivity index (χ3v) is 3.39. The van der Waals surface area contributed by atoms with E-state index in [4.69, 9.17) is 5.26 Å². The molecule has 0 heterocycles. The number of carbonyl (C=O) groups excluding carboxylic acids is 1. The van der Waals surface area contributed by atoms with Crippen LogP contribution in [0.15, 0.2) is 24.3 Å². The van der Waals surface area contributed by atoms with E-state index in [2.05, 4.69) is 5.32 Å². The second-order valence-electron chi connectivity index (χ2n) is 4.73. The van der Waals surface area contributed by atoms with Crippen LogP contribution in [0, 0.1) is 11.3 Å². The van der Waals surface area contributed by atoms with Crippen molar-refractivity contribution in [1.82, 2.24) is 5.32 Å². The molecule has 0 aromatic heterocycles. The van der Waals surface area contributed by atoms with E-state index in [0.717, 1.165) is 18.4 Å². The van der Waals surface area contributed by atoms with Gasteiger partial charge in [0, 0.05) is 6.54 Å². The molecule has 1 aliphatic carbocycles. The van der Waals surface area contributed by atoms with Gasteiger partial charge in [0.05, 0.1) is 11.6 Å². The van der Waals surface area contributed by atoms with Crippen LogP contribution in [-0.4, -0.2) is 16.6 Å². The number of aliphatic hydroxyl groups is 1. The first kappa shape index (κ1) is 12.6. The van der Waals surface area contributed by atoms with Crippen LogP contribution in [0.3, 0.4) is 0 Å². The third-order valence-electron chi connectivity index (χ3n) is 3.39. The lowest BCUT2D eigenvalue weighted by Crippen LogP contribution is -2.44. The molecule has 1 amide bonds. The number of nitrogens with zero attached hydrogens (tertiary/aromatic N) is 1. The van der Waals surface area contributed by atoms with Crippen molar-refractivity contribution in [2.24, 2.45) is 0 Å². The number of nitriles is 1. The summed E-state index contributed by atoms with van der Waals surface area (Å²) in [6.07, 6.45) is 2.90. The zero-order valence-electron chi connectivity index (χ0n) is 10.1. The smallest absolute Gasteiger partial charge is 0.252 e. The van der Waals surface area contributed by atoms with Crippen LogP contribution in [-0.2, 0) is 11.3 Å². The number of benzene rings is 1. The molecule has 0 unspecified atom stereocenters. The Morgan fingerprint density at radius 2 is 1.94 bits per heavy atom. The summed E-state index contributed by atoms with van der Waals surface area (Å²) in [5.41, 5.74) is 0.343. The summed E-state index contributed by atoms with van der Waals surface area (Å²) in [7, 11) is 0. The van der Waals surface area contributed by atoms with Crippen LogP contribution < -0.4 is 5.32 Å². The Balaban J connectivity index is 1.91. The highest BCUT2D eigenvalue weighted by molar-refractivity contribution is 5.85. The van der Waals surface area contributed by atoms with Crippen LogP contribution >= 0.6 is 0 Å². The molecule has 0 aliphatic heterocycles. The maximum atomic E-state index is 11.9. The molecule has 1 aromatic rings. The zero-order chi connectivity index (χ0) is 13.0. The van der Waals surface area contributed by atoms with Crippen LogP contribution in [0.4, 0.5) is 0 Å². The van der Waals surface area contributed by atoms with E-state index in [9.17, 15) is 9.90 Å². The van der Waals surface area contributed by atoms with E-state index < -0.39 is 5.60 Å². The average Bonchev–Trinajstić information content (AvgIpc) is 2.85. The molecule has 0 atom stereocenters. The summed E-state index contributed by atoms with van der Waals surface area (Å²) in [4.78, 5) is 11.9. The van der Waals surface area contributed by atoms with Gasteiger partial charge in [0.2, 0.25) is 0 Å². The van der Waals surface area contributed by atoms with Gasteiger partial charge < -0.3 is 10.4 Å². The Bertz CT molecular complexity index is 468. The van der Waals surface area contributed by atoms with Crippen LogP contribution in [0.2, 0.25) is 0 Å². The Kier molecular flexibility index (Phi) is 3.63. The van der Waals surface area contributed by atoms with Gasteiger partial charge in [-0.3, -0.25) is 4.79 Å². The normalized spacial score (nSPS) is 17.1. The number of carbonyl (C=O) groups is 1. The Morgan fingerprint density at radius 1 is 1.33 bits per heavy atom. The Morgan fingerprint density at radius 3 is 2.50 bits per heavy atom. The largest absolute Gasteiger partial charge is 0.380 e. The molecular weight excluding hydrogens is 228 g/mol. The quantitative estimate of drug-likeness (QED) is 0.845. The highest BCUT2D eigenvalue weighted by Gasteiger charge is 2.38. The molecule has 4 nitrogen and oxygen atoms in total. The maximum absolute atomic E-state index is 11.9. The summed E-state index contributed by atoms with van der Waals surface area (Å²) >= 11 is 0. The molecule has 0 bridgehead atoms. The van der Waals surface area contributed by atoms with Crippen LogP contribution in [0.1, 0.15) is 36.8 Å². The molecule has 1 aromatic carbocycles. The van der Waals surface area contributed by atoms with Crippen molar-refractivity contribution in [1.29, 1.82) is 5.26 Å². The fourth-order valence-electron chi connectivity index (χ4n) is 2.23. The highest BCUT2D eigenvalue weighted by Crippen LogP contribution is 2.29. The molecule has 2 N–H and O–H groups in total. The topological polar surface area (TPSA) is 73.1 Å². The second-order valence-corrected chi connectivity index (χ2v) is 4.73. The number of nitrogens with one attached hydrogen (secondary N) is 1. The fourth-order valence-corrected chi connectivity index (χ4v) is 2.23. The fraction of sp³-hybridized carbons (Fsp3) is 0.429. The Labute approximate surface area is 106 Å². The lowest BCUT2D eigenvalue weighted by atomic mass is 10.0. The standard InChI is InChI=1S/C14H16N2O2/c15-9-11-3-5-12(6-4-11)10-16-13(17)14(18)7-1-2-8-14/h3-6,18H,1-2,7-8,10H2,(H,16,17). The van der Waals surface area contributed by atoms with Gasteiger partial charge in [-0.25, -0.2) is 0 Å². The summed E-state index contributed by atoms with van der Waals surface area (Å²) < 4.78 is 0. The highest BCUT2D eigenvalue weighted by atomic mass is 16.3. The van der Waals surface area contributed by atoms with Gasteiger partial charge in [0.1, 0.15) is 5.60 Å². The minimum absolute atomic E-state index is 0.288. The van der Waals surface area contributed by atoms with E-state index in [1.165, 1.54) is 0 Å². The van der Waals surface area contributed by atoms with E-state index in [0.29, 0.717) is 24.9 Å². The molecule has 1 fully saturated rings. The molecular formula is C14H16N2O2. The third kappa shape index (κ3) is 2.69. The second kappa shape index (κ2) is 5.19. The van der Waals surface area contributed by atoms with Crippen molar-refractivity contribution in [3.05, 3.63) is 35.4 Å². The number of rotatable bonds is 3. The van der Waals surface area contributed by atoms with Gasteiger partial charge >= 0.3 is 0 Å². The van der Waals surface area contributed by atoms with E-state index in [1.807, 2.05) is 6.07 Å². The van der Waals surface area contributed by atoms with Crippen molar-refractivity contribution in [2.45, 2.75) is 37.8 Å². The van der Waals surface area contributed by atoms with Gasteiger partial charge in [-0.2, -0.15) is 5.26 Å². The van der Waals surface area contributed by atoms with Crippen LogP contribution in [0.25, 0.3) is 0 Å². The molecule has 94 valence electrons. The van der Waals surface area contributed by atoms with Crippen LogP contribution in [0.5, 0.6) is 0 Å². The zero-order valence-corrected chi connectivity index (χ0v) is 10.1. The van der Waals surface area contributed by atoms with Crippen molar-refractivity contribution in [2.75, 3.05) is 0 Å². The summed E-state index contributed by atoms with van der Waals surface area (Å²) in [5, 5.41) is 21.5. The lowest BCUT2D eigenvalue weighted by molar-refractivity contribution is -0.139. The molecule has 0 spiro atoms. The first-order valence-electron chi connectivity index (χ1n) is 6.14. The number of hydrogen-bond acceptors (Lipinski definition) is 3. The van der Waals surface area contributed by atoms with Gasteiger partial charge in [0.25, 0.3) is 5.91 Å². The minimum atomic E-state index is -1.17. The Hall–Kier alpha value is -1.86. The molecule has 2 rings (SSSR count). The first-order chi connectivity index (χ1) is 8.64. The maximum Gasteiger partial charge on any atom is 0.252 e. The van der Waals surface area contributed by atoms with Gasteiger partial charge in [-0.1, -0.05) is 12.1 Å². The molecule has 1 saturated carbocycles. The summed E-state index contributed by atoms with van der Waals surface area (Å²) in [5.74, 6) is -0.288. The van der Waals surface area contributed by atoms with Gasteiger partial charge in [-0.05, 0) is 43.4 Å². The minimum Gasteiger partial charge on any atom is -0.380 e. The monoisotopic (exact) mass is 244 g/mol. The van der Waals surface area contributed by atoms with Crippen molar-refractivity contribution in [3.8, 4) is 6.07 Å². The van der Waals surface area contributed by atoms with E-state index in [1.54, 1.807) is 24.3 Å². The summed E-state index contributed by atoms with van der Waals surface area (Å²) in [6.45, 7) is 0.382. The van der Waals surface area contributed by atoms with Crippen molar-refractivity contribution < 1.29 is 9.90 Å². The van der Waals surface area contributed by atoms with Crippen molar-refractivity contribution >= 4 is 5.91 Å². The van der Waals surface area contributed by atoms with Gasteiger partial charge in [-0.15, -0.1) is 0 Å². The number of hydrogen-bond donors (Lipinski definition) is 2. The van der Waals surface area contributed by atoms with Gasteiger partial charge in [0.15, 0.2) is 0 Å². The molecule has 4 heteroatoms. The van der Waals surface area contributed by atoms with E-state index in [-0.39, 0.29) is 5.91 Å². The first-order valence-corrected chi connectivity index (χ1v) is 6.14.